The van der Waals surface area contributed by atoms with Crippen LogP contribution in [0.2, 0.25) is 0 Å². The van der Waals surface area contributed by atoms with E-state index in [2.05, 4.69) is 35.7 Å². The predicted octanol–water partition coefficient (Wildman–Crippen LogP) is 1.07. The number of hydrogen-bond acceptors (Lipinski definition) is 4. The third-order valence-corrected chi connectivity index (χ3v) is 5.63. The normalized spacial score (nSPS) is 33.1. The van der Waals surface area contributed by atoms with Crippen LogP contribution in [0.25, 0.3) is 0 Å². The summed E-state index contributed by atoms with van der Waals surface area (Å²) in [6.45, 7) is 10.4. The number of nitrogens with zero attached hydrogens (tertiary/aromatic N) is 3. The summed E-state index contributed by atoms with van der Waals surface area (Å²) in [6, 6.07) is 0. The van der Waals surface area contributed by atoms with Crippen LogP contribution in [-0.2, 0) is 0 Å². The summed E-state index contributed by atoms with van der Waals surface area (Å²) >= 11 is 0. The van der Waals surface area contributed by atoms with E-state index < -0.39 is 0 Å². The molecule has 2 unspecified atom stereocenters. The number of rotatable bonds is 6. The van der Waals surface area contributed by atoms with E-state index >= 15 is 0 Å². The van der Waals surface area contributed by atoms with Gasteiger partial charge in [-0.1, -0.05) is 19.8 Å². The highest BCUT2D eigenvalue weighted by Gasteiger charge is 2.45. The molecular formula is C16H34N4. The second-order valence-electron chi connectivity index (χ2n) is 6.94. The molecule has 2 rings (SSSR count). The van der Waals surface area contributed by atoms with Gasteiger partial charge in [-0.25, -0.2) is 0 Å². The number of nitrogens with two attached hydrogens (primary N) is 1. The largest absolute Gasteiger partial charge is 0.329 e. The van der Waals surface area contributed by atoms with E-state index in [1.54, 1.807) is 0 Å². The SMILES string of the molecule is CCC1CCCC1(CN)N1CCN(CCN(C)C)CC1. The summed E-state index contributed by atoms with van der Waals surface area (Å²) in [7, 11) is 4.31. The molecule has 4 heteroatoms. The van der Waals surface area contributed by atoms with Crippen molar-refractivity contribution >= 4 is 0 Å². The standard InChI is InChI=1S/C16H34N4/c1-4-15-6-5-7-16(15,14-17)20-12-10-19(11-13-20)9-8-18(2)3/h15H,4-14,17H2,1-3H3. The molecule has 0 radical (unpaired) electrons. The minimum atomic E-state index is 0.322. The Morgan fingerprint density at radius 1 is 1.20 bits per heavy atom. The summed E-state index contributed by atoms with van der Waals surface area (Å²) in [6.07, 6.45) is 5.36. The van der Waals surface area contributed by atoms with Crippen molar-refractivity contribution in [1.29, 1.82) is 0 Å². The van der Waals surface area contributed by atoms with E-state index in [9.17, 15) is 0 Å². The lowest BCUT2D eigenvalue weighted by Gasteiger charge is -2.48. The van der Waals surface area contributed by atoms with Crippen LogP contribution in [0.15, 0.2) is 0 Å². The molecule has 0 aromatic carbocycles. The highest BCUT2D eigenvalue weighted by Crippen LogP contribution is 2.42. The zero-order valence-electron chi connectivity index (χ0n) is 13.8. The van der Waals surface area contributed by atoms with Crippen molar-refractivity contribution in [1.82, 2.24) is 14.7 Å². The van der Waals surface area contributed by atoms with Crippen LogP contribution in [0.4, 0.5) is 0 Å². The zero-order valence-corrected chi connectivity index (χ0v) is 13.8. The summed E-state index contributed by atoms with van der Waals surface area (Å²) in [4.78, 5) is 7.62. The van der Waals surface area contributed by atoms with Gasteiger partial charge in [0.05, 0.1) is 0 Å². The fourth-order valence-electron chi connectivity index (χ4n) is 4.28. The van der Waals surface area contributed by atoms with Crippen molar-refractivity contribution < 1.29 is 0 Å². The molecule has 1 heterocycles. The van der Waals surface area contributed by atoms with Crippen LogP contribution < -0.4 is 5.73 Å². The van der Waals surface area contributed by atoms with E-state index in [1.165, 1.54) is 65.0 Å². The van der Waals surface area contributed by atoms with Gasteiger partial charge in [0, 0.05) is 51.4 Å². The highest BCUT2D eigenvalue weighted by atomic mass is 15.3. The maximum atomic E-state index is 6.24. The lowest BCUT2D eigenvalue weighted by atomic mass is 9.83. The van der Waals surface area contributed by atoms with Gasteiger partial charge in [0.15, 0.2) is 0 Å². The molecule has 20 heavy (non-hydrogen) atoms. The van der Waals surface area contributed by atoms with Crippen LogP contribution in [-0.4, -0.2) is 80.1 Å². The maximum Gasteiger partial charge on any atom is 0.0360 e. The third-order valence-electron chi connectivity index (χ3n) is 5.63. The molecule has 2 fully saturated rings. The minimum absolute atomic E-state index is 0.322. The van der Waals surface area contributed by atoms with Crippen molar-refractivity contribution in [3.8, 4) is 0 Å². The van der Waals surface area contributed by atoms with Crippen LogP contribution in [0.1, 0.15) is 32.6 Å². The fraction of sp³-hybridized carbons (Fsp3) is 1.00. The molecule has 1 saturated heterocycles. The smallest absolute Gasteiger partial charge is 0.0360 e. The number of piperazine rings is 1. The van der Waals surface area contributed by atoms with Gasteiger partial charge in [0.1, 0.15) is 0 Å². The van der Waals surface area contributed by atoms with E-state index in [4.69, 9.17) is 5.73 Å². The third kappa shape index (κ3) is 3.35. The van der Waals surface area contributed by atoms with Gasteiger partial charge in [-0.15, -0.1) is 0 Å². The molecule has 2 atom stereocenters. The van der Waals surface area contributed by atoms with Crippen LogP contribution in [0.5, 0.6) is 0 Å². The number of hydrogen-bond donors (Lipinski definition) is 1. The van der Waals surface area contributed by atoms with E-state index in [1.807, 2.05) is 0 Å². The van der Waals surface area contributed by atoms with Gasteiger partial charge in [0.2, 0.25) is 0 Å². The van der Waals surface area contributed by atoms with Gasteiger partial charge in [-0.3, -0.25) is 9.80 Å². The molecule has 2 N–H and O–H groups in total. The first-order chi connectivity index (χ1) is 9.62. The molecule has 0 bridgehead atoms. The Balaban J connectivity index is 1.88. The summed E-state index contributed by atoms with van der Waals surface area (Å²) < 4.78 is 0. The van der Waals surface area contributed by atoms with Crippen LogP contribution in [0.3, 0.4) is 0 Å². The lowest BCUT2D eigenvalue weighted by Crippen LogP contribution is -2.62. The van der Waals surface area contributed by atoms with Crippen molar-refractivity contribution in [2.24, 2.45) is 11.7 Å². The predicted molar refractivity (Wildman–Crippen MR) is 86.0 cm³/mol. The molecule has 0 aromatic heterocycles. The van der Waals surface area contributed by atoms with Gasteiger partial charge in [0.25, 0.3) is 0 Å². The van der Waals surface area contributed by atoms with Gasteiger partial charge in [-0.05, 0) is 32.9 Å². The molecule has 2 aliphatic rings. The topological polar surface area (TPSA) is 35.7 Å². The van der Waals surface area contributed by atoms with E-state index in [0.29, 0.717) is 5.54 Å². The quantitative estimate of drug-likeness (QED) is 0.791. The fourth-order valence-corrected chi connectivity index (χ4v) is 4.28. The second kappa shape index (κ2) is 7.21. The van der Waals surface area contributed by atoms with Crippen molar-refractivity contribution in [2.45, 2.75) is 38.1 Å². The van der Waals surface area contributed by atoms with Crippen molar-refractivity contribution in [3.63, 3.8) is 0 Å². The molecule has 1 aliphatic carbocycles. The number of likely N-dealkylation sites (N-methyl/N-ethyl adjacent to an activating group) is 1. The molecular weight excluding hydrogens is 248 g/mol. The first-order valence-electron chi connectivity index (χ1n) is 8.44. The van der Waals surface area contributed by atoms with Crippen LogP contribution in [0, 0.1) is 5.92 Å². The Labute approximate surface area is 125 Å². The lowest BCUT2D eigenvalue weighted by molar-refractivity contribution is 0.0100. The average molecular weight is 282 g/mol. The van der Waals surface area contributed by atoms with Crippen molar-refractivity contribution in [2.75, 3.05) is 59.9 Å². The molecule has 0 amide bonds. The molecule has 0 spiro atoms. The second-order valence-corrected chi connectivity index (χ2v) is 6.94. The Bertz CT molecular complexity index is 286. The first-order valence-corrected chi connectivity index (χ1v) is 8.44. The Kier molecular flexibility index (Phi) is 5.84. The summed E-state index contributed by atoms with van der Waals surface area (Å²) in [5, 5.41) is 0. The molecule has 118 valence electrons. The summed E-state index contributed by atoms with van der Waals surface area (Å²) in [5.41, 5.74) is 6.56. The van der Waals surface area contributed by atoms with E-state index in [-0.39, 0.29) is 0 Å². The molecule has 4 nitrogen and oxygen atoms in total. The average Bonchev–Trinajstić information content (AvgIpc) is 2.89. The molecule has 0 aromatic rings. The maximum absolute atomic E-state index is 6.24. The monoisotopic (exact) mass is 282 g/mol. The van der Waals surface area contributed by atoms with Gasteiger partial charge < -0.3 is 10.6 Å². The molecule has 1 aliphatic heterocycles. The minimum Gasteiger partial charge on any atom is -0.329 e. The van der Waals surface area contributed by atoms with Gasteiger partial charge in [-0.2, -0.15) is 0 Å². The highest BCUT2D eigenvalue weighted by molar-refractivity contribution is 5.02. The summed E-state index contributed by atoms with van der Waals surface area (Å²) in [5.74, 6) is 0.820. The Hall–Kier alpha value is -0.160. The Morgan fingerprint density at radius 3 is 2.45 bits per heavy atom. The molecule has 1 saturated carbocycles. The Morgan fingerprint density at radius 2 is 1.90 bits per heavy atom. The van der Waals surface area contributed by atoms with Crippen molar-refractivity contribution in [3.05, 3.63) is 0 Å². The first kappa shape index (κ1) is 16.2. The zero-order chi connectivity index (χ0) is 14.6. The van der Waals surface area contributed by atoms with Crippen LogP contribution >= 0.6 is 0 Å². The van der Waals surface area contributed by atoms with Gasteiger partial charge >= 0.3 is 0 Å². The van der Waals surface area contributed by atoms with E-state index in [0.717, 1.165) is 12.5 Å².